The van der Waals surface area contributed by atoms with Gasteiger partial charge in [0.25, 0.3) is 11.7 Å². The van der Waals surface area contributed by atoms with E-state index in [0.717, 1.165) is 6.07 Å². The van der Waals surface area contributed by atoms with Crippen LogP contribution >= 0.6 is 11.6 Å². The summed E-state index contributed by atoms with van der Waals surface area (Å²) in [6.07, 6.45) is -3.16. The summed E-state index contributed by atoms with van der Waals surface area (Å²) in [7, 11) is 0. The van der Waals surface area contributed by atoms with Gasteiger partial charge in [-0.3, -0.25) is 9.59 Å². The van der Waals surface area contributed by atoms with Gasteiger partial charge in [0.05, 0.1) is 17.9 Å². The lowest BCUT2D eigenvalue weighted by Crippen LogP contribution is -2.26. The van der Waals surface area contributed by atoms with Crippen molar-refractivity contribution in [3.63, 3.8) is 0 Å². The summed E-state index contributed by atoms with van der Waals surface area (Å²) in [6, 6.07) is 16.8. The lowest BCUT2D eigenvalue weighted by atomic mass is 10.0. The van der Waals surface area contributed by atoms with Crippen molar-refractivity contribution in [1.82, 2.24) is 4.40 Å². The molecular weight excluding hydrogens is 469 g/mol. The van der Waals surface area contributed by atoms with Crippen LogP contribution in [0.2, 0.25) is 5.02 Å². The Balaban J connectivity index is 1.74. The molecule has 9 heteroatoms. The number of benzene rings is 2. The molecule has 174 valence electrons. The number of Topliss-reactive ketones (excluding diaryl/α,β-unsaturated/α-hetero) is 1. The largest absolute Gasteiger partial charge is 0.494 e. The van der Waals surface area contributed by atoms with Crippen molar-refractivity contribution >= 4 is 34.5 Å². The van der Waals surface area contributed by atoms with Crippen LogP contribution in [0.3, 0.4) is 0 Å². The highest BCUT2D eigenvalue weighted by molar-refractivity contribution is 6.47. The summed E-state index contributed by atoms with van der Waals surface area (Å²) in [4.78, 5) is 26.1. The maximum absolute atomic E-state index is 13.4. The maximum atomic E-state index is 13.4. The zero-order chi connectivity index (χ0) is 24.5. The van der Waals surface area contributed by atoms with Crippen molar-refractivity contribution < 1.29 is 27.5 Å². The van der Waals surface area contributed by atoms with E-state index in [0.29, 0.717) is 35.1 Å². The molecule has 0 fully saturated rings. The van der Waals surface area contributed by atoms with Crippen LogP contribution in [0, 0.1) is 0 Å². The lowest BCUT2D eigenvalue weighted by molar-refractivity contribution is -0.137. The summed E-state index contributed by atoms with van der Waals surface area (Å²) in [5.41, 5.74) is 0.0729. The first kappa shape index (κ1) is 23.4. The minimum Gasteiger partial charge on any atom is -0.494 e. The minimum atomic E-state index is -4.77. The highest BCUT2D eigenvalue weighted by Crippen LogP contribution is 2.37. The standard InChI is InChI=1S/C25H18ClF3N2O3/c1-2-34-18-9-6-15(7-10-18)19-14-17-5-3-4-12-31(17)22(19)23(32)24(33)30-21-11-8-16(26)13-20(21)25(27,28)29/h3-14H,2H2,1H3,(H,30,33). The van der Waals surface area contributed by atoms with Gasteiger partial charge in [0.1, 0.15) is 11.4 Å². The number of rotatable bonds is 6. The van der Waals surface area contributed by atoms with Gasteiger partial charge in [-0.25, -0.2) is 0 Å². The smallest absolute Gasteiger partial charge is 0.418 e. The summed E-state index contributed by atoms with van der Waals surface area (Å²) >= 11 is 5.70. The molecule has 0 aliphatic rings. The Morgan fingerprint density at radius 1 is 1.03 bits per heavy atom. The SMILES string of the molecule is CCOc1ccc(-c2cc3ccccn3c2C(=O)C(=O)Nc2ccc(Cl)cc2C(F)(F)F)cc1. The van der Waals surface area contributed by atoms with Crippen molar-refractivity contribution in [3.8, 4) is 16.9 Å². The average Bonchev–Trinajstić information content (AvgIpc) is 3.19. The molecule has 1 amide bonds. The topological polar surface area (TPSA) is 59.8 Å². The van der Waals surface area contributed by atoms with Gasteiger partial charge in [0.2, 0.25) is 0 Å². The number of amides is 1. The third kappa shape index (κ3) is 4.63. The second-order valence-electron chi connectivity index (χ2n) is 7.33. The molecule has 0 atom stereocenters. The summed E-state index contributed by atoms with van der Waals surface area (Å²) in [6.45, 7) is 2.35. The van der Waals surface area contributed by atoms with Gasteiger partial charge < -0.3 is 14.5 Å². The fourth-order valence-corrected chi connectivity index (χ4v) is 3.79. The van der Waals surface area contributed by atoms with Crippen LogP contribution in [-0.2, 0) is 11.0 Å². The fraction of sp³-hybridized carbons (Fsp3) is 0.120. The normalized spacial score (nSPS) is 11.4. The number of ketones is 1. The van der Waals surface area contributed by atoms with E-state index in [1.807, 2.05) is 6.92 Å². The van der Waals surface area contributed by atoms with Gasteiger partial charge in [-0.1, -0.05) is 29.8 Å². The predicted molar refractivity (Wildman–Crippen MR) is 123 cm³/mol. The van der Waals surface area contributed by atoms with Crippen LogP contribution < -0.4 is 10.1 Å². The van der Waals surface area contributed by atoms with E-state index < -0.39 is 29.1 Å². The number of nitrogens with one attached hydrogen (secondary N) is 1. The molecule has 4 aromatic rings. The average molecular weight is 487 g/mol. The number of anilines is 1. The zero-order valence-corrected chi connectivity index (χ0v) is 18.6. The van der Waals surface area contributed by atoms with Gasteiger partial charge in [-0.2, -0.15) is 13.2 Å². The molecule has 0 saturated heterocycles. The number of nitrogens with zero attached hydrogens (tertiary/aromatic N) is 1. The van der Waals surface area contributed by atoms with Crippen LogP contribution in [0.1, 0.15) is 23.0 Å². The Morgan fingerprint density at radius 3 is 2.44 bits per heavy atom. The molecule has 0 bridgehead atoms. The molecule has 0 spiro atoms. The number of hydrogen-bond acceptors (Lipinski definition) is 3. The molecule has 0 aliphatic carbocycles. The molecule has 0 unspecified atom stereocenters. The summed E-state index contributed by atoms with van der Waals surface area (Å²) in [5, 5.41) is 1.95. The van der Waals surface area contributed by atoms with E-state index >= 15 is 0 Å². The molecule has 0 aliphatic heterocycles. The third-order valence-electron chi connectivity index (χ3n) is 5.11. The maximum Gasteiger partial charge on any atom is 0.418 e. The summed E-state index contributed by atoms with van der Waals surface area (Å²) in [5.74, 6) is -1.55. The van der Waals surface area contributed by atoms with Crippen molar-refractivity contribution in [2.45, 2.75) is 13.1 Å². The number of ether oxygens (including phenoxy) is 1. The summed E-state index contributed by atoms with van der Waals surface area (Å²) < 4.78 is 47.3. The molecule has 2 aromatic carbocycles. The molecule has 5 nitrogen and oxygen atoms in total. The quantitative estimate of drug-likeness (QED) is 0.250. The Bertz CT molecular complexity index is 1380. The lowest BCUT2D eigenvalue weighted by Gasteiger charge is -2.14. The molecule has 2 aromatic heterocycles. The Hall–Kier alpha value is -3.78. The van der Waals surface area contributed by atoms with Crippen molar-refractivity contribution in [3.05, 3.63) is 89.2 Å². The molecule has 1 N–H and O–H groups in total. The molecule has 0 radical (unpaired) electrons. The second kappa shape index (κ2) is 9.23. The van der Waals surface area contributed by atoms with Crippen molar-refractivity contribution in [2.24, 2.45) is 0 Å². The zero-order valence-electron chi connectivity index (χ0n) is 17.8. The molecular formula is C25H18ClF3N2O3. The van der Waals surface area contributed by atoms with E-state index in [2.05, 4.69) is 5.32 Å². The van der Waals surface area contributed by atoms with Crippen molar-refractivity contribution in [1.29, 1.82) is 0 Å². The van der Waals surface area contributed by atoms with Crippen LogP contribution in [0.4, 0.5) is 18.9 Å². The highest BCUT2D eigenvalue weighted by Gasteiger charge is 2.35. The monoisotopic (exact) mass is 486 g/mol. The first-order valence-electron chi connectivity index (χ1n) is 10.2. The molecule has 2 heterocycles. The minimum absolute atomic E-state index is 0.0276. The van der Waals surface area contributed by atoms with Crippen LogP contribution in [0.15, 0.2) is 72.9 Å². The first-order valence-corrected chi connectivity index (χ1v) is 10.6. The predicted octanol–water partition coefficient (Wildman–Crippen LogP) is 6.50. The van der Waals surface area contributed by atoms with E-state index in [4.69, 9.17) is 16.3 Å². The number of pyridine rings is 1. The number of fused-ring (bicyclic) bond motifs is 1. The number of aromatic nitrogens is 1. The van der Waals surface area contributed by atoms with Gasteiger partial charge >= 0.3 is 6.18 Å². The van der Waals surface area contributed by atoms with Gasteiger partial charge in [0, 0.05) is 22.3 Å². The third-order valence-corrected chi connectivity index (χ3v) is 5.35. The van der Waals surface area contributed by atoms with E-state index in [9.17, 15) is 22.8 Å². The van der Waals surface area contributed by atoms with Gasteiger partial charge in [0.15, 0.2) is 0 Å². The molecule has 34 heavy (non-hydrogen) atoms. The number of hydrogen-bond donors (Lipinski definition) is 1. The fourth-order valence-electron chi connectivity index (χ4n) is 3.62. The van der Waals surface area contributed by atoms with E-state index in [1.54, 1.807) is 54.7 Å². The Morgan fingerprint density at radius 2 is 1.76 bits per heavy atom. The van der Waals surface area contributed by atoms with Crippen LogP contribution in [0.25, 0.3) is 16.6 Å². The van der Waals surface area contributed by atoms with Gasteiger partial charge in [-0.05, 0) is 61.0 Å². The molecule has 0 saturated carbocycles. The first-order chi connectivity index (χ1) is 16.2. The number of carbonyl (C=O) groups is 2. The van der Waals surface area contributed by atoms with Gasteiger partial charge in [-0.15, -0.1) is 0 Å². The highest BCUT2D eigenvalue weighted by atomic mass is 35.5. The Kier molecular flexibility index (Phi) is 6.34. The second-order valence-corrected chi connectivity index (χ2v) is 7.77. The number of carbonyl (C=O) groups excluding carboxylic acids is 2. The van der Waals surface area contributed by atoms with Crippen LogP contribution in [0.5, 0.6) is 5.75 Å². The van der Waals surface area contributed by atoms with Crippen molar-refractivity contribution in [2.75, 3.05) is 11.9 Å². The van der Waals surface area contributed by atoms with Crippen LogP contribution in [-0.4, -0.2) is 22.7 Å². The number of alkyl halides is 3. The van der Waals surface area contributed by atoms with E-state index in [1.165, 1.54) is 10.5 Å². The van der Waals surface area contributed by atoms with E-state index in [-0.39, 0.29) is 10.7 Å². The molecule has 4 rings (SSSR count). The Labute approximate surface area is 197 Å². The number of halogens is 4.